The summed E-state index contributed by atoms with van der Waals surface area (Å²) in [6.45, 7) is 4.41. The average molecular weight is 291 g/mol. The molecule has 0 radical (unpaired) electrons. The summed E-state index contributed by atoms with van der Waals surface area (Å²) < 4.78 is 17.0. The van der Waals surface area contributed by atoms with Crippen molar-refractivity contribution in [2.24, 2.45) is 0 Å². The Morgan fingerprint density at radius 2 is 2.24 bits per heavy atom. The summed E-state index contributed by atoms with van der Waals surface area (Å²) in [5.74, 6) is 1.07. The standard InChI is InChI=1S/C17H25NO3/c1-3-4-15-7-5-13-9-14(6-8-17(13)21-15)18-10-16(11-19-2)20-12-18/h6,8-9,15-16H,3-5,7,10-12H2,1-2H3/t15?,16-/m1/s1. The van der Waals surface area contributed by atoms with Crippen LogP contribution in [0.5, 0.6) is 5.75 Å². The monoisotopic (exact) mass is 291 g/mol. The van der Waals surface area contributed by atoms with E-state index in [0.717, 1.165) is 31.6 Å². The maximum Gasteiger partial charge on any atom is 0.123 e. The molecule has 1 aromatic rings. The first-order chi connectivity index (χ1) is 10.3. The van der Waals surface area contributed by atoms with Crippen molar-refractivity contribution >= 4 is 5.69 Å². The first kappa shape index (κ1) is 14.7. The molecule has 21 heavy (non-hydrogen) atoms. The van der Waals surface area contributed by atoms with Crippen LogP contribution < -0.4 is 9.64 Å². The molecule has 0 amide bonds. The van der Waals surface area contributed by atoms with Gasteiger partial charge in [-0.2, -0.15) is 0 Å². The lowest BCUT2D eigenvalue weighted by atomic mass is 9.99. The summed E-state index contributed by atoms with van der Waals surface area (Å²) in [7, 11) is 1.72. The van der Waals surface area contributed by atoms with Crippen LogP contribution in [0.3, 0.4) is 0 Å². The largest absolute Gasteiger partial charge is 0.490 e. The lowest BCUT2D eigenvalue weighted by Gasteiger charge is -2.27. The normalized spacial score (nSPS) is 24.8. The Balaban J connectivity index is 1.67. The van der Waals surface area contributed by atoms with Crippen LogP contribution in [0, 0.1) is 0 Å². The van der Waals surface area contributed by atoms with Gasteiger partial charge in [-0.15, -0.1) is 0 Å². The molecular formula is C17H25NO3. The third kappa shape index (κ3) is 3.33. The maximum absolute atomic E-state index is 6.08. The molecule has 116 valence electrons. The molecule has 2 aliphatic rings. The summed E-state index contributed by atoms with van der Waals surface area (Å²) in [6, 6.07) is 6.53. The fraction of sp³-hybridized carbons (Fsp3) is 0.647. The number of anilines is 1. The summed E-state index contributed by atoms with van der Waals surface area (Å²) in [6.07, 6.45) is 5.16. The fourth-order valence-corrected chi connectivity index (χ4v) is 3.17. The first-order valence-electron chi connectivity index (χ1n) is 7.95. The van der Waals surface area contributed by atoms with Crippen molar-refractivity contribution in [1.29, 1.82) is 0 Å². The van der Waals surface area contributed by atoms with Crippen molar-refractivity contribution in [1.82, 2.24) is 0 Å². The van der Waals surface area contributed by atoms with Crippen LogP contribution in [-0.2, 0) is 15.9 Å². The second-order valence-corrected chi connectivity index (χ2v) is 5.95. The number of benzene rings is 1. The van der Waals surface area contributed by atoms with Crippen molar-refractivity contribution in [3.63, 3.8) is 0 Å². The smallest absolute Gasteiger partial charge is 0.123 e. The van der Waals surface area contributed by atoms with E-state index >= 15 is 0 Å². The molecule has 0 aliphatic carbocycles. The van der Waals surface area contributed by atoms with Crippen LogP contribution in [0.1, 0.15) is 31.7 Å². The number of ether oxygens (including phenoxy) is 3. The maximum atomic E-state index is 6.08. The minimum absolute atomic E-state index is 0.177. The van der Waals surface area contributed by atoms with Gasteiger partial charge in [-0.05, 0) is 43.0 Å². The molecule has 4 nitrogen and oxygen atoms in total. The van der Waals surface area contributed by atoms with Gasteiger partial charge in [-0.1, -0.05) is 13.3 Å². The minimum Gasteiger partial charge on any atom is -0.490 e. The summed E-state index contributed by atoms with van der Waals surface area (Å²) in [5, 5.41) is 0. The zero-order valence-corrected chi connectivity index (χ0v) is 13.0. The molecule has 2 heterocycles. The number of nitrogens with zero attached hydrogens (tertiary/aromatic N) is 1. The van der Waals surface area contributed by atoms with E-state index in [4.69, 9.17) is 14.2 Å². The Kier molecular flexibility index (Phi) is 4.66. The SMILES string of the molecule is CCCC1CCc2cc(N3CO[C@@H](COC)C3)ccc2O1. The third-order valence-corrected chi connectivity index (χ3v) is 4.29. The number of rotatable bonds is 5. The molecule has 2 atom stereocenters. The van der Waals surface area contributed by atoms with E-state index in [2.05, 4.69) is 30.0 Å². The lowest BCUT2D eigenvalue weighted by Crippen LogP contribution is -2.25. The highest BCUT2D eigenvalue weighted by atomic mass is 16.5. The van der Waals surface area contributed by atoms with Gasteiger partial charge in [0.15, 0.2) is 0 Å². The fourth-order valence-electron chi connectivity index (χ4n) is 3.17. The molecule has 0 saturated carbocycles. The molecule has 1 aromatic carbocycles. The Labute approximate surface area is 127 Å². The van der Waals surface area contributed by atoms with Gasteiger partial charge in [0.25, 0.3) is 0 Å². The highest BCUT2D eigenvalue weighted by Crippen LogP contribution is 2.33. The molecule has 1 saturated heterocycles. The van der Waals surface area contributed by atoms with Crippen LogP contribution in [0.4, 0.5) is 5.69 Å². The molecular weight excluding hydrogens is 266 g/mol. The number of aryl methyl sites for hydroxylation is 1. The Morgan fingerprint density at radius 1 is 1.33 bits per heavy atom. The van der Waals surface area contributed by atoms with Gasteiger partial charge in [0.05, 0.1) is 12.7 Å². The molecule has 1 unspecified atom stereocenters. The number of hydrogen-bond donors (Lipinski definition) is 0. The van der Waals surface area contributed by atoms with Crippen LogP contribution in [0.25, 0.3) is 0 Å². The van der Waals surface area contributed by atoms with Crippen molar-refractivity contribution in [3.8, 4) is 5.75 Å². The number of fused-ring (bicyclic) bond motifs is 1. The van der Waals surface area contributed by atoms with E-state index in [1.165, 1.54) is 17.7 Å². The predicted octanol–water partition coefficient (Wildman–Crippen LogP) is 2.99. The van der Waals surface area contributed by atoms with Crippen LogP contribution in [0.2, 0.25) is 0 Å². The molecule has 0 spiro atoms. The molecule has 4 heteroatoms. The van der Waals surface area contributed by atoms with Gasteiger partial charge >= 0.3 is 0 Å². The van der Waals surface area contributed by atoms with Crippen molar-refractivity contribution in [2.75, 3.05) is 31.9 Å². The Hall–Kier alpha value is -1.26. The van der Waals surface area contributed by atoms with E-state index in [0.29, 0.717) is 19.4 Å². The van der Waals surface area contributed by atoms with Crippen LogP contribution >= 0.6 is 0 Å². The Bertz CT molecular complexity index is 477. The summed E-state index contributed by atoms with van der Waals surface area (Å²) in [5.41, 5.74) is 2.56. The molecule has 0 bridgehead atoms. The van der Waals surface area contributed by atoms with Gasteiger partial charge in [0.1, 0.15) is 18.6 Å². The number of methoxy groups -OCH3 is 1. The quantitative estimate of drug-likeness (QED) is 0.834. The van der Waals surface area contributed by atoms with E-state index < -0.39 is 0 Å². The topological polar surface area (TPSA) is 30.9 Å². The molecule has 0 N–H and O–H groups in total. The highest BCUT2D eigenvalue weighted by Gasteiger charge is 2.25. The summed E-state index contributed by atoms with van der Waals surface area (Å²) >= 11 is 0. The predicted molar refractivity (Wildman–Crippen MR) is 83.0 cm³/mol. The van der Waals surface area contributed by atoms with Gasteiger partial charge in [0.2, 0.25) is 0 Å². The van der Waals surface area contributed by atoms with E-state index in [-0.39, 0.29) is 6.10 Å². The van der Waals surface area contributed by atoms with Crippen LogP contribution in [-0.4, -0.2) is 39.2 Å². The van der Waals surface area contributed by atoms with Crippen molar-refractivity contribution in [2.45, 2.75) is 44.8 Å². The van der Waals surface area contributed by atoms with E-state index in [9.17, 15) is 0 Å². The van der Waals surface area contributed by atoms with E-state index in [1.54, 1.807) is 7.11 Å². The van der Waals surface area contributed by atoms with Gasteiger partial charge in [-0.25, -0.2) is 0 Å². The highest BCUT2D eigenvalue weighted by molar-refractivity contribution is 5.54. The molecule has 2 aliphatic heterocycles. The van der Waals surface area contributed by atoms with Gasteiger partial charge in [-0.3, -0.25) is 0 Å². The zero-order valence-electron chi connectivity index (χ0n) is 13.0. The van der Waals surface area contributed by atoms with Crippen molar-refractivity contribution in [3.05, 3.63) is 23.8 Å². The van der Waals surface area contributed by atoms with Crippen LogP contribution in [0.15, 0.2) is 18.2 Å². The third-order valence-electron chi connectivity index (χ3n) is 4.29. The van der Waals surface area contributed by atoms with Gasteiger partial charge < -0.3 is 19.1 Å². The lowest BCUT2D eigenvalue weighted by molar-refractivity contribution is 0.0430. The second-order valence-electron chi connectivity index (χ2n) is 5.95. The molecule has 1 fully saturated rings. The average Bonchev–Trinajstić information content (AvgIpc) is 2.96. The van der Waals surface area contributed by atoms with E-state index in [1.807, 2.05) is 0 Å². The van der Waals surface area contributed by atoms with Crippen molar-refractivity contribution < 1.29 is 14.2 Å². The molecule has 0 aromatic heterocycles. The number of hydrogen-bond acceptors (Lipinski definition) is 4. The molecule has 3 rings (SSSR count). The summed E-state index contributed by atoms with van der Waals surface area (Å²) in [4.78, 5) is 2.27. The zero-order chi connectivity index (χ0) is 14.7. The second kappa shape index (κ2) is 6.67. The minimum atomic E-state index is 0.177. The Morgan fingerprint density at radius 3 is 3.05 bits per heavy atom. The van der Waals surface area contributed by atoms with Gasteiger partial charge in [0, 0.05) is 19.3 Å². The first-order valence-corrected chi connectivity index (χ1v) is 7.95.